The molecule has 1 aromatic rings. The fourth-order valence-electron chi connectivity index (χ4n) is 2.49. The van der Waals surface area contributed by atoms with Crippen molar-refractivity contribution in [2.75, 3.05) is 13.1 Å². The number of halogens is 2. The van der Waals surface area contributed by atoms with Gasteiger partial charge in [-0.1, -0.05) is 6.07 Å². The second-order valence-corrected chi connectivity index (χ2v) is 7.73. The van der Waals surface area contributed by atoms with Crippen LogP contribution in [-0.4, -0.2) is 41.6 Å². The van der Waals surface area contributed by atoms with Gasteiger partial charge in [-0.25, -0.2) is 9.18 Å². The molecule has 24 heavy (non-hydrogen) atoms. The first-order valence-corrected chi connectivity index (χ1v) is 8.61. The molecule has 1 fully saturated rings. The molecule has 0 radical (unpaired) electrons. The van der Waals surface area contributed by atoms with Crippen LogP contribution < -0.4 is 5.32 Å². The molecule has 5 nitrogen and oxygen atoms in total. The van der Waals surface area contributed by atoms with E-state index in [1.165, 1.54) is 6.07 Å². The summed E-state index contributed by atoms with van der Waals surface area (Å²) in [6.45, 7) is 8.05. The maximum absolute atomic E-state index is 14.0. The molecule has 1 saturated heterocycles. The molecule has 1 heterocycles. The molecule has 1 aliphatic heterocycles. The van der Waals surface area contributed by atoms with Gasteiger partial charge in [-0.2, -0.15) is 0 Å². The van der Waals surface area contributed by atoms with Gasteiger partial charge in [0.1, 0.15) is 11.4 Å². The van der Waals surface area contributed by atoms with E-state index in [0.717, 1.165) is 5.56 Å². The zero-order valence-corrected chi connectivity index (χ0v) is 15.9. The molecule has 0 aliphatic carbocycles. The molecule has 0 saturated carbocycles. The van der Waals surface area contributed by atoms with Gasteiger partial charge in [0, 0.05) is 23.6 Å². The molecular formula is C17H22BrFN2O3. The first-order valence-electron chi connectivity index (χ1n) is 7.82. The van der Waals surface area contributed by atoms with Crippen LogP contribution in [0.3, 0.4) is 0 Å². The van der Waals surface area contributed by atoms with Crippen LogP contribution in [0.15, 0.2) is 16.6 Å². The summed E-state index contributed by atoms with van der Waals surface area (Å²) in [6, 6.07) is 2.66. The van der Waals surface area contributed by atoms with Crippen LogP contribution in [0.2, 0.25) is 0 Å². The van der Waals surface area contributed by atoms with Crippen LogP contribution in [0.5, 0.6) is 0 Å². The molecule has 1 unspecified atom stereocenters. The van der Waals surface area contributed by atoms with E-state index in [4.69, 9.17) is 4.74 Å². The zero-order valence-electron chi connectivity index (χ0n) is 14.3. The monoisotopic (exact) mass is 400 g/mol. The number of rotatable bonds is 2. The summed E-state index contributed by atoms with van der Waals surface area (Å²) < 4.78 is 19.7. The summed E-state index contributed by atoms with van der Waals surface area (Å²) in [5, 5.41) is 2.79. The predicted molar refractivity (Wildman–Crippen MR) is 92.5 cm³/mol. The minimum absolute atomic E-state index is 0.00859. The quantitative estimate of drug-likeness (QED) is 0.824. The lowest BCUT2D eigenvalue weighted by Crippen LogP contribution is -2.40. The zero-order chi connectivity index (χ0) is 18.1. The second-order valence-electron chi connectivity index (χ2n) is 6.94. The van der Waals surface area contributed by atoms with Gasteiger partial charge in [0.25, 0.3) is 5.91 Å². The number of carbonyl (C=O) groups excluding carboxylic acids is 2. The van der Waals surface area contributed by atoms with Crippen molar-refractivity contribution >= 4 is 27.9 Å². The maximum Gasteiger partial charge on any atom is 0.410 e. The lowest BCUT2D eigenvalue weighted by molar-refractivity contribution is 0.0290. The average Bonchev–Trinajstić information content (AvgIpc) is 2.90. The standard InChI is InChI=1S/C17H22BrFN2O3/c1-10-5-6-12(19)13(14(10)18)15(22)20-11-7-8-21(9-11)16(23)24-17(2,3)4/h5-6,11H,7-9H2,1-4H3,(H,20,22). The summed E-state index contributed by atoms with van der Waals surface area (Å²) in [6.07, 6.45) is 0.206. The molecule has 0 bridgehead atoms. The number of likely N-dealkylation sites (tertiary alicyclic amines) is 1. The average molecular weight is 401 g/mol. The first-order chi connectivity index (χ1) is 11.1. The van der Waals surface area contributed by atoms with Crippen molar-refractivity contribution < 1.29 is 18.7 Å². The van der Waals surface area contributed by atoms with Gasteiger partial charge in [-0.15, -0.1) is 0 Å². The third-order valence-corrected chi connectivity index (χ3v) is 4.71. The minimum atomic E-state index is -0.577. The van der Waals surface area contributed by atoms with Crippen molar-refractivity contribution in [3.8, 4) is 0 Å². The van der Waals surface area contributed by atoms with Gasteiger partial charge >= 0.3 is 6.09 Å². The number of hydrogen-bond acceptors (Lipinski definition) is 3. The number of amides is 2. The predicted octanol–water partition coefficient (Wildman–Crippen LogP) is 3.64. The first kappa shape index (κ1) is 18.7. The number of hydrogen-bond donors (Lipinski definition) is 1. The van der Waals surface area contributed by atoms with Gasteiger partial charge in [0.2, 0.25) is 0 Å². The van der Waals surface area contributed by atoms with E-state index in [0.29, 0.717) is 24.0 Å². The van der Waals surface area contributed by atoms with Crippen LogP contribution in [0.1, 0.15) is 43.1 Å². The van der Waals surface area contributed by atoms with E-state index < -0.39 is 23.4 Å². The van der Waals surface area contributed by atoms with Crippen molar-refractivity contribution in [2.45, 2.75) is 45.8 Å². The van der Waals surface area contributed by atoms with Crippen LogP contribution in [0.25, 0.3) is 0 Å². The molecule has 1 N–H and O–H groups in total. The normalized spacial score (nSPS) is 17.8. The Morgan fingerprint density at radius 2 is 2.04 bits per heavy atom. The summed E-state index contributed by atoms with van der Waals surface area (Å²) in [4.78, 5) is 26.0. The Morgan fingerprint density at radius 1 is 1.38 bits per heavy atom. The second kappa shape index (κ2) is 7.09. The number of ether oxygens (including phenoxy) is 1. The number of aryl methyl sites for hydroxylation is 1. The van der Waals surface area contributed by atoms with Crippen molar-refractivity contribution in [3.05, 3.63) is 33.5 Å². The summed E-state index contributed by atoms with van der Waals surface area (Å²) in [5.74, 6) is -1.06. The smallest absolute Gasteiger partial charge is 0.410 e. The van der Waals surface area contributed by atoms with Crippen molar-refractivity contribution in [1.29, 1.82) is 0 Å². The van der Waals surface area contributed by atoms with Crippen molar-refractivity contribution in [2.24, 2.45) is 0 Å². The fourth-order valence-corrected chi connectivity index (χ4v) is 2.99. The molecular weight excluding hydrogens is 379 g/mol. The minimum Gasteiger partial charge on any atom is -0.444 e. The molecule has 0 spiro atoms. The van der Waals surface area contributed by atoms with E-state index in [1.54, 1.807) is 38.7 Å². The van der Waals surface area contributed by atoms with Gasteiger partial charge in [-0.05, 0) is 61.7 Å². The molecule has 1 aliphatic rings. The number of carbonyl (C=O) groups is 2. The third-order valence-electron chi connectivity index (χ3n) is 3.69. The SMILES string of the molecule is Cc1ccc(F)c(C(=O)NC2CCN(C(=O)OC(C)(C)C)C2)c1Br. The van der Waals surface area contributed by atoms with Crippen LogP contribution >= 0.6 is 15.9 Å². The number of benzene rings is 1. The molecule has 2 amide bonds. The Labute approximate surface area is 149 Å². The summed E-state index contributed by atoms with van der Waals surface area (Å²) in [5.41, 5.74) is 0.211. The lowest BCUT2D eigenvalue weighted by atomic mass is 10.1. The van der Waals surface area contributed by atoms with E-state index >= 15 is 0 Å². The Morgan fingerprint density at radius 3 is 2.67 bits per heavy atom. The highest BCUT2D eigenvalue weighted by atomic mass is 79.9. The summed E-state index contributed by atoms with van der Waals surface area (Å²) >= 11 is 3.26. The van der Waals surface area contributed by atoms with Gasteiger partial charge in [0.15, 0.2) is 0 Å². The van der Waals surface area contributed by atoms with E-state index in [-0.39, 0.29) is 11.6 Å². The van der Waals surface area contributed by atoms with E-state index in [9.17, 15) is 14.0 Å². The Hall–Kier alpha value is -1.63. The Balaban J connectivity index is 2.00. The van der Waals surface area contributed by atoms with E-state index in [1.807, 2.05) is 0 Å². The fraction of sp³-hybridized carbons (Fsp3) is 0.529. The largest absolute Gasteiger partial charge is 0.444 e. The number of nitrogens with one attached hydrogen (secondary N) is 1. The van der Waals surface area contributed by atoms with Crippen molar-refractivity contribution in [1.82, 2.24) is 10.2 Å². The lowest BCUT2D eigenvalue weighted by Gasteiger charge is -2.24. The molecule has 1 atom stereocenters. The summed E-state index contributed by atoms with van der Waals surface area (Å²) in [7, 11) is 0. The molecule has 7 heteroatoms. The van der Waals surface area contributed by atoms with Crippen LogP contribution in [0.4, 0.5) is 9.18 Å². The Kier molecular flexibility index (Phi) is 5.52. The highest BCUT2D eigenvalue weighted by molar-refractivity contribution is 9.10. The topological polar surface area (TPSA) is 58.6 Å². The maximum atomic E-state index is 14.0. The highest BCUT2D eigenvalue weighted by Crippen LogP contribution is 2.24. The van der Waals surface area contributed by atoms with E-state index in [2.05, 4.69) is 21.2 Å². The number of nitrogens with zero attached hydrogens (tertiary/aromatic N) is 1. The van der Waals surface area contributed by atoms with Crippen LogP contribution in [-0.2, 0) is 4.74 Å². The molecule has 1 aromatic carbocycles. The van der Waals surface area contributed by atoms with Gasteiger partial charge in [0.05, 0.1) is 5.56 Å². The van der Waals surface area contributed by atoms with Gasteiger partial charge < -0.3 is 15.0 Å². The molecule has 2 rings (SSSR count). The molecule has 132 valence electrons. The molecule has 0 aromatic heterocycles. The van der Waals surface area contributed by atoms with Gasteiger partial charge in [-0.3, -0.25) is 4.79 Å². The van der Waals surface area contributed by atoms with Crippen LogP contribution in [0, 0.1) is 12.7 Å². The third kappa shape index (κ3) is 4.47. The highest BCUT2D eigenvalue weighted by Gasteiger charge is 2.31. The van der Waals surface area contributed by atoms with Crippen molar-refractivity contribution in [3.63, 3.8) is 0 Å². The Bertz CT molecular complexity index is 658.